The minimum Gasteiger partial charge on any atom is -1.00 e. The number of furan rings is 1. The number of fused-ring (bicyclic) bond motifs is 4. The first-order chi connectivity index (χ1) is 20.6. The highest BCUT2D eigenvalue weighted by Crippen LogP contribution is 2.37. The minimum absolute atomic E-state index is 0. The van der Waals surface area contributed by atoms with Gasteiger partial charge in [0.15, 0.2) is 5.96 Å². The van der Waals surface area contributed by atoms with Gasteiger partial charge in [-0.2, -0.15) is 4.57 Å². The van der Waals surface area contributed by atoms with Crippen molar-refractivity contribution in [1.82, 2.24) is 16.0 Å². The summed E-state index contributed by atoms with van der Waals surface area (Å²) in [5, 5.41) is 18.4. The van der Waals surface area contributed by atoms with E-state index in [4.69, 9.17) is 15.9 Å². The molecule has 0 unspecified atom stereocenters. The number of pyridine rings is 1. The smallest absolute Gasteiger partial charge is 0.326 e. The number of carbonyl (C=O) groups is 4. The number of nitrogens with two attached hydrogens (primary N) is 2. The largest absolute Gasteiger partial charge is 1.00 e. The third-order valence-electron chi connectivity index (χ3n) is 6.87. The van der Waals surface area contributed by atoms with Gasteiger partial charge in [0.2, 0.25) is 28.8 Å². The molecule has 0 aliphatic heterocycles. The molecule has 15 heteroatoms. The summed E-state index contributed by atoms with van der Waals surface area (Å²) < 4.78 is 8.33. The summed E-state index contributed by atoms with van der Waals surface area (Å²) in [5.74, 6) is -3.05. The van der Waals surface area contributed by atoms with Crippen LogP contribution in [0.2, 0.25) is 0 Å². The normalized spacial score (nSPS) is 11.4. The van der Waals surface area contributed by atoms with E-state index in [0.29, 0.717) is 12.0 Å². The number of aryl methyl sites for hydroxylation is 1. The summed E-state index contributed by atoms with van der Waals surface area (Å²) in [5.41, 5.74) is 14.4. The molecule has 2 heterocycles. The molecule has 0 fully saturated rings. The van der Waals surface area contributed by atoms with E-state index >= 15 is 0 Å². The van der Waals surface area contributed by atoms with Crippen LogP contribution in [-0.4, -0.2) is 74.0 Å². The number of aliphatic carboxylic acids is 1. The van der Waals surface area contributed by atoms with Gasteiger partial charge >= 0.3 is 5.97 Å². The number of nitrogens with one attached hydrogen (secondary N) is 3. The number of halogens is 1. The number of aliphatic imine (C=N–C) groups is 1. The van der Waals surface area contributed by atoms with E-state index < -0.39 is 36.3 Å². The van der Waals surface area contributed by atoms with Gasteiger partial charge in [-0.3, -0.25) is 19.4 Å². The first-order valence-electron chi connectivity index (χ1n) is 13.6. The second-order valence-electron chi connectivity index (χ2n) is 10.0. The van der Waals surface area contributed by atoms with Crippen molar-refractivity contribution in [2.75, 3.05) is 38.1 Å². The molecule has 4 rings (SSSR count). The number of hydrogen-bond donors (Lipinski definition) is 6. The quantitative estimate of drug-likeness (QED) is 0.0271. The molecule has 44 heavy (non-hydrogen) atoms. The van der Waals surface area contributed by atoms with Crippen LogP contribution in [0, 0.1) is 0 Å². The summed E-state index contributed by atoms with van der Waals surface area (Å²) in [4.78, 5) is 54.3. The van der Waals surface area contributed by atoms with E-state index in [9.17, 15) is 24.3 Å². The Bertz CT molecular complexity index is 1720. The Morgan fingerprint density at radius 2 is 1.61 bits per heavy atom. The van der Waals surface area contributed by atoms with Crippen molar-refractivity contribution in [3.8, 4) is 0 Å². The number of hydrogen-bond acceptors (Lipinski definition) is 7. The molecule has 1 atom stereocenters. The molecule has 2 aromatic carbocycles. The van der Waals surface area contributed by atoms with E-state index in [0.717, 1.165) is 33.1 Å². The number of carboxylic acid groups (broad SMARTS) is 1. The molecule has 0 saturated carbocycles. The maximum atomic E-state index is 12.8. The zero-order valence-corrected chi connectivity index (χ0v) is 26.5. The number of amides is 3. The lowest BCUT2D eigenvalue weighted by molar-refractivity contribution is -0.616. The number of anilines is 1. The summed E-state index contributed by atoms with van der Waals surface area (Å²) in [6, 6.07) is 14.4. The molecule has 8 N–H and O–H groups in total. The highest BCUT2D eigenvalue weighted by Gasteiger charge is 2.27. The van der Waals surface area contributed by atoms with E-state index in [-0.39, 0.29) is 56.0 Å². The van der Waals surface area contributed by atoms with Gasteiger partial charge in [-0.1, -0.05) is 24.3 Å². The number of carbonyl (C=O) groups excluding carboxylic acids is 3. The lowest BCUT2D eigenvalue weighted by atomic mass is 10.1. The van der Waals surface area contributed by atoms with Gasteiger partial charge in [-0.05, 0) is 31.0 Å². The first kappa shape index (κ1) is 33.8. The predicted molar refractivity (Wildman–Crippen MR) is 161 cm³/mol. The Morgan fingerprint density at radius 1 is 0.977 bits per heavy atom. The third kappa shape index (κ3) is 8.03. The standard InChI is InChI=1S/C29H34N8O6.HI/c1-36(25-17-8-3-5-11-20(17)37(2)26-18-9-4-6-12-21(18)43-27(25)26)16-24(40)34-14-22(38)33-15-23(39)35-19(28(41)42)10-7-13-32-29(30)31;/h3-6,8-9,11-12,19H,7,10,13-16H2,1-2H3,(H7-,30,31,32,33,34,35,38,39,40,41,42);1H/t19-;/m0./s1. The van der Waals surface area contributed by atoms with Gasteiger partial charge in [0.05, 0.1) is 30.4 Å². The lowest BCUT2D eigenvalue weighted by Crippen LogP contribution is -3.00. The van der Waals surface area contributed by atoms with Crippen LogP contribution in [0.1, 0.15) is 12.8 Å². The van der Waals surface area contributed by atoms with Crippen molar-refractivity contribution in [3.63, 3.8) is 0 Å². The van der Waals surface area contributed by atoms with Crippen molar-refractivity contribution < 1.29 is 57.2 Å². The minimum atomic E-state index is -1.22. The van der Waals surface area contributed by atoms with Gasteiger partial charge in [-0.15, -0.1) is 0 Å². The van der Waals surface area contributed by atoms with E-state index in [1.807, 2.05) is 55.6 Å². The van der Waals surface area contributed by atoms with Crippen LogP contribution in [0.4, 0.5) is 5.69 Å². The molecule has 2 aromatic heterocycles. The second kappa shape index (κ2) is 15.2. The second-order valence-corrected chi connectivity index (χ2v) is 10.0. The molecule has 0 aliphatic carbocycles. The Morgan fingerprint density at radius 3 is 2.32 bits per heavy atom. The topological polar surface area (TPSA) is 209 Å². The van der Waals surface area contributed by atoms with E-state index in [2.05, 4.69) is 25.5 Å². The third-order valence-corrected chi connectivity index (χ3v) is 6.87. The lowest BCUT2D eigenvalue weighted by Gasteiger charge is -2.20. The molecule has 0 aliphatic rings. The van der Waals surface area contributed by atoms with Gasteiger partial charge in [0.25, 0.3) is 5.52 Å². The average molecular weight is 719 g/mol. The zero-order chi connectivity index (χ0) is 31.1. The summed E-state index contributed by atoms with van der Waals surface area (Å²) in [6.07, 6.45) is 0.436. The number of rotatable bonds is 13. The van der Waals surface area contributed by atoms with Gasteiger partial charge in [0, 0.05) is 19.7 Å². The van der Waals surface area contributed by atoms with Crippen molar-refractivity contribution in [1.29, 1.82) is 0 Å². The zero-order valence-electron chi connectivity index (χ0n) is 24.3. The van der Waals surface area contributed by atoms with Crippen LogP contribution in [0.15, 0.2) is 57.9 Å². The van der Waals surface area contributed by atoms with Crippen LogP contribution >= 0.6 is 0 Å². The molecule has 0 spiro atoms. The SMILES string of the molecule is CN(CC(=O)NCC(=O)NCC(=O)N[C@@H](CCCN=C(N)N)C(=O)O)c1c2ccccc2[n+](C)c2c1oc1ccccc12.[I-]. The van der Waals surface area contributed by atoms with Gasteiger partial charge in [-0.25, -0.2) is 4.79 Å². The maximum Gasteiger partial charge on any atom is 0.326 e. The number of likely N-dealkylation sites (N-methyl/N-ethyl adjacent to an activating group) is 1. The Hall–Kier alpha value is -4.67. The fourth-order valence-corrected chi connectivity index (χ4v) is 4.89. The summed E-state index contributed by atoms with van der Waals surface area (Å²) >= 11 is 0. The monoisotopic (exact) mass is 718 g/mol. The van der Waals surface area contributed by atoms with Crippen molar-refractivity contribution in [2.45, 2.75) is 18.9 Å². The molecule has 4 aromatic rings. The summed E-state index contributed by atoms with van der Waals surface area (Å²) in [7, 11) is 3.74. The summed E-state index contributed by atoms with van der Waals surface area (Å²) in [6.45, 7) is -0.678. The van der Waals surface area contributed by atoms with Crippen molar-refractivity contribution in [2.24, 2.45) is 23.5 Å². The van der Waals surface area contributed by atoms with E-state index in [1.165, 1.54) is 0 Å². The molecule has 0 bridgehead atoms. The fraction of sp³-hybridized carbons (Fsp3) is 0.310. The highest BCUT2D eigenvalue weighted by molar-refractivity contribution is 6.11. The molecule has 234 valence electrons. The van der Waals surface area contributed by atoms with Crippen LogP contribution < -0.4 is 60.9 Å². The highest BCUT2D eigenvalue weighted by atomic mass is 127. The number of guanidine groups is 1. The van der Waals surface area contributed by atoms with Crippen LogP contribution in [0.3, 0.4) is 0 Å². The number of benzene rings is 2. The number of para-hydroxylation sites is 2. The Labute approximate surface area is 269 Å². The Kier molecular flexibility index (Phi) is 11.7. The van der Waals surface area contributed by atoms with E-state index in [1.54, 1.807) is 11.9 Å². The molecule has 3 amide bonds. The molecular weight excluding hydrogens is 683 g/mol. The van der Waals surface area contributed by atoms with Crippen LogP contribution in [0.5, 0.6) is 0 Å². The number of aromatic nitrogens is 1. The Balaban J connectivity index is 0.00000529. The van der Waals surface area contributed by atoms with Gasteiger partial charge < -0.3 is 65.8 Å². The fourth-order valence-electron chi connectivity index (χ4n) is 4.89. The maximum absolute atomic E-state index is 12.8. The van der Waals surface area contributed by atoms with Crippen molar-refractivity contribution >= 4 is 68.3 Å². The van der Waals surface area contributed by atoms with Crippen LogP contribution in [0.25, 0.3) is 33.0 Å². The van der Waals surface area contributed by atoms with Crippen molar-refractivity contribution in [3.05, 3.63) is 48.5 Å². The van der Waals surface area contributed by atoms with Crippen LogP contribution in [-0.2, 0) is 26.2 Å². The van der Waals surface area contributed by atoms with Gasteiger partial charge in [0.1, 0.15) is 24.4 Å². The average Bonchev–Trinajstić information content (AvgIpc) is 3.36. The number of carboxylic acids is 1. The first-order valence-corrected chi connectivity index (χ1v) is 13.6. The molecule has 14 nitrogen and oxygen atoms in total. The molecule has 0 saturated heterocycles. The molecule has 0 radical (unpaired) electrons. The number of nitrogens with zero attached hydrogens (tertiary/aromatic N) is 3. The molecular formula is C29H35IN8O6. The predicted octanol–water partition coefficient (Wildman–Crippen LogP) is -3.14.